The van der Waals surface area contributed by atoms with E-state index >= 15 is 0 Å². The maximum Gasteiger partial charge on any atom is 0.255 e. The molecular formula is C27H26N6O2. The fourth-order valence-electron chi connectivity index (χ4n) is 3.35. The summed E-state index contributed by atoms with van der Waals surface area (Å²) in [5.41, 5.74) is 5.53. The van der Waals surface area contributed by atoms with Crippen LogP contribution < -0.4 is 16.0 Å². The molecule has 0 radical (unpaired) electrons. The molecule has 2 amide bonds. The summed E-state index contributed by atoms with van der Waals surface area (Å²) < 4.78 is 0. The number of hydrogen-bond acceptors (Lipinski definition) is 6. The summed E-state index contributed by atoms with van der Waals surface area (Å²) in [6.07, 6.45) is 5.60. The van der Waals surface area contributed by atoms with Crippen LogP contribution in [0.1, 0.15) is 34.8 Å². The third-order valence-corrected chi connectivity index (χ3v) is 5.38. The number of nitrogens with one attached hydrogen (secondary N) is 3. The quantitative estimate of drug-likeness (QED) is 0.342. The van der Waals surface area contributed by atoms with Crippen molar-refractivity contribution in [2.45, 2.75) is 26.8 Å². The molecule has 0 fully saturated rings. The summed E-state index contributed by atoms with van der Waals surface area (Å²) in [4.78, 5) is 37.2. The van der Waals surface area contributed by atoms with Crippen LogP contribution in [0.5, 0.6) is 0 Å². The molecule has 0 atom stereocenters. The normalized spacial score (nSPS) is 10.5. The van der Waals surface area contributed by atoms with E-state index in [1.807, 2.05) is 55.5 Å². The zero-order valence-electron chi connectivity index (χ0n) is 19.6. The average molecular weight is 467 g/mol. The largest absolute Gasteiger partial charge is 0.352 e. The Morgan fingerprint density at radius 1 is 0.971 bits per heavy atom. The van der Waals surface area contributed by atoms with Crippen LogP contribution in [0.3, 0.4) is 0 Å². The van der Waals surface area contributed by atoms with Crippen LogP contribution in [-0.4, -0.2) is 26.8 Å². The molecule has 8 nitrogen and oxygen atoms in total. The van der Waals surface area contributed by atoms with Crippen molar-refractivity contribution in [1.29, 1.82) is 0 Å². The number of anilines is 3. The zero-order chi connectivity index (χ0) is 24.6. The maximum atomic E-state index is 12.8. The highest BCUT2D eigenvalue weighted by molar-refractivity contribution is 6.04. The van der Waals surface area contributed by atoms with Crippen LogP contribution in [0.25, 0.3) is 11.3 Å². The second-order valence-electron chi connectivity index (χ2n) is 7.94. The first-order valence-corrected chi connectivity index (χ1v) is 11.3. The second kappa shape index (κ2) is 11.0. The van der Waals surface area contributed by atoms with Crippen LogP contribution >= 0.6 is 0 Å². The Balaban J connectivity index is 1.44. The topological polar surface area (TPSA) is 109 Å². The molecule has 0 bridgehead atoms. The Kier molecular flexibility index (Phi) is 7.42. The molecule has 0 saturated heterocycles. The van der Waals surface area contributed by atoms with Gasteiger partial charge in [0.25, 0.3) is 5.91 Å². The van der Waals surface area contributed by atoms with Crippen molar-refractivity contribution in [3.05, 3.63) is 95.9 Å². The van der Waals surface area contributed by atoms with E-state index in [0.717, 1.165) is 28.1 Å². The molecule has 35 heavy (non-hydrogen) atoms. The Bertz CT molecular complexity index is 1320. The van der Waals surface area contributed by atoms with E-state index < -0.39 is 0 Å². The smallest absolute Gasteiger partial charge is 0.255 e. The van der Waals surface area contributed by atoms with E-state index in [1.165, 1.54) is 0 Å². The molecule has 176 valence electrons. The molecule has 8 heteroatoms. The van der Waals surface area contributed by atoms with Crippen molar-refractivity contribution < 1.29 is 9.59 Å². The molecule has 0 aliphatic rings. The summed E-state index contributed by atoms with van der Waals surface area (Å²) >= 11 is 0. The molecule has 0 unspecified atom stereocenters. The van der Waals surface area contributed by atoms with Gasteiger partial charge in [-0.15, -0.1) is 0 Å². The van der Waals surface area contributed by atoms with Crippen molar-refractivity contribution in [1.82, 2.24) is 20.3 Å². The van der Waals surface area contributed by atoms with Crippen molar-refractivity contribution in [3.8, 4) is 11.3 Å². The highest BCUT2D eigenvalue weighted by atomic mass is 16.2. The predicted octanol–water partition coefficient (Wildman–Crippen LogP) is 4.87. The predicted molar refractivity (Wildman–Crippen MR) is 136 cm³/mol. The molecule has 2 aromatic heterocycles. The van der Waals surface area contributed by atoms with Crippen molar-refractivity contribution >= 4 is 29.1 Å². The summed E-state index contributed by atoms with van der Waals surface area (Å²) in [6.45, 7) is 4.21. The SMILES string of the molecule is CCC(=O)NCc1ccc(C(=O)Nc2ccc(C)c(Nc3nccc(-c4cccnc4)n3)c2)cc1. The second-order valence-corrected chi connectivity index (χ2v) is 7.94. The van der Waals surface area contributed by atoms with Gasteiger partial charge in [0.1, 0.15) is 0 Å². The van der Waals surface area contributed by atoms with Crippen LogP contribution in [0.4, 0.5) is 17.3 Å². The van der Waals surface area contributed by atoms with E-state index in [-0.39, 0.29) is 11.8 Å². The fraction of sp³-hybridized carbons (Fsp3) is 0.148. The highest BCUT2D eigenvalue weighted by Gasteiger charge is 2.10. The Labute approximate surface area is 203 Å². The van der Waals surface area contributed by atoms with Crippen molar-refractivity contribution in [2.75, 3.05) is 10.6 Å². The number of carbonyl (C=O) groups is 2. The first-order chi connectivity index (χ1) is 17.0. The van der Waals surface area contributed by atoms with Gasteiger partial charge in [0.15, 0.2) is 0 Å². The first kappa shape index (κ1) is 23.6. The van der Waals surface area contributed by atoms with Crippen molar-refractivity contribution in [3.63, 3.8) is 0 Å². The molecule has 0 aliphatic heterocycles. The van der Waals surface area contributed by atoms with E-state index in [9.17, 15) is 9.59 Å². The van der Waals surface area contributed by atoms with Gasteiger partial charge in [-0.3, -0.25) is 14.6 Å². The van der Waals surface area contributed by atoms with Gasteiger partial charge in [0.2, 0.25) is 11.9 Å². The van der Waals surface area contributed by atoms with Gasteiger partial charge in [-0.1, -0.05) is 25.1 Å². The number of pyridine rings is 1. The lowest BCUT2D eigenvalue weighted by molar-refractivity contribution is -0.120. The Hall–Kier alpha value is -4.59. The zero-order valence-corrected chi connectivity index (χ0v) is 19.6. The van der Waals surface area contributed by atoms with Crippen molar-refractivity contribution in [2.24, 2.45) is 0 Å². The molecule has 0 aliphatic carbocycles. The summed E-state index contributed by atoms with van der Waals surface area (Å²) in [7, 11) is 0. The fourth-order valence-corrected chi connectivity index (χ4v) is 3.35. The number of nitrogens with zero attached hydrogens (tertiary/aromatic N) is 3. The number of aryl methyl sites for hydroxylation is 1. The van der Waals surface area contributed by atoms with Crippen LogP contribution in [0.2, 0.25) is 0 Å². The lowest BCUT2D eigenvalue weighted by Crippen LogP contribution is -2.21. The minimum absolute atomic E-state index is 0.00944. The lowest BCUT2D eigenvalue weighted by Gasteiger charge is -2.12. The van der Waals surface area contributed by atoms with E-state index in [4.69, 9.17) is 0 Å². The number of rotatable bonds is 8. The van der Waals surface area contributed by atoms with Gasteiger partial charge < -0.3 is 16.0 Å². The minimum Gasteiger partial charge on any atom is -0.352 e. The molecule has 4 rings (SSSR count). The number of aromatic nitrogens is 3. The third-order valence-electron chi connectivity index (χ3n) is 5.38. The van der Waals surface area contributed by atoms with Gasteiger partial charge in [-0.05, 0) is 60.5 Å². The molecule has 4 aromatic rings. The Morgan fingerprint density at radius 2 is 1.80 bits per heavy atom. The number of amides is 2. The molecule has 2 aromatic carbocycles. The van der Waals surface area contributed by atoms with E-state index in [1.54, 1.807) is 37.6 Å². The minimum atomic E-state index is -0.223. The lowest BCUT2D eigenvalue weighted by atomic mass is 10.1. The number of benzene rings is 2. The van der Waals surface area contributed by atoms with Crippen LogP contribution in [-0.2, 0) is 11.3 Å². The Morgan fingerprint density at radius 3 is 2.54 bits per heavy atom. The molecule has 2 heterocycles. The molecule has 0 spiro atoms. The average Bonchev–Trinajstić information content (AvgIpc) is 2.90. The molecular weight excluding hydrogens is 440 g/mol. The summed E-state index contributed by atoms with van der Waals surface area (Å²) in [6, 6.07) is 18.4. The van der Waals surface area contributed by atoms with Crippen LogP contribution in [0.15, 0.2) is 79.3 Å². The van der Waals surface area contributed by atoms with Gasteiger partial charge in [-0.25, -0.2) is 9.97 Å². The summed E-state index contributed by atoms with van der Waals surface area (Å²) in [5, 5.41) is 8.99. The number of hydrogen-bond donors (Lipinski definition) is 3. The van der Waals surface area contributed by atoms with Gasteiger partial charge in [0.05, 0.1) is 5.69 Å². The van der Waals surface area contributed by atoms with Gasteiger partial charge in [-0.2, -0.15) is 0 Å². The van der Waals surface area contributed by atoms with E-state index in [0.29, 0.717) is 30.2 Å². The van der Waals surface area contributed by atoms with Crippen LogP contribution in [0, 0.1) is 6.92 Å². The standard InChI is InChI=1S/C27H26N6O2/c1-3-25(34)30-16-19-7-9-20(10-8-19)26(35)31-22-11-6-18(2)24(15-22)33-27-29-14-12-23(32-27)21-5-4-13-28-17-21/h4-15,17H,3,16H2,1-2H3,(H,30,34)(H,31,35)(H,29,32,33). The van der Waals surface area contributed by atoms with E-state index in [2.05, 4.69) is 30.9 Å². The van der Waals surface area contributed by atoms with Gasteiger partial charge in [0, 0.05) is 54.1 Å². The molecule has 0 saturated carbocycles. The monoisotopic (exact) mass is 466 g/mol. The number of carbonyl (C=O) groups excluding carboxylic acids is 2. The van der Waals surface area contributed by atoms with Gasteiger partial charge >= 0.3 is 0 Å². The summed E-state index contributed by atoms with van der Waals surface area (Å²) in [5.74, 6) is 0.215. The highest BCUT2D eigenvalue weighted by Crippen LogP contribution is 2.24. The molecule has 3 N–H and O–H groups in total. The maximum absolute atomic E-state index is 12.8. The first-order valence-electron chi connectivity index (χ1n) is 11.3. The third kappa shape index (κ3) is 6.26.